The molecule has 1 rings (SSSR count). The third-order valence-corrected chi connectivity index (χ3v) is 3.50. The van der Waals surface area contributed by atoms with Gasteiger partial charge in [-0.25, -0.2) is 0 Å². The number of hydrogen-bond donors (Lipinski definition) is 2. The Balaban J connectivity index is 2.66. The minimum absolute atomic E-state index is 0.0171. The van der Waals surface area contributed by atoms with Gasteiger partial charge in [-0.15, -0.1) is 11.8 Å². The molecule has 0 aromatic heterocycles. The summed E-state index contributed by atoms with van der Waals surface area (Å²) in [5, 5.41) is 5.88. The molecule has 0 fully saturated rings. The van der Waals surface area contributed by atoms with Crippen molar-refractivity contribution in [3.05, 3.63) is 29.8 Å². The number of nitrogens with one attached hydrogen (secondary N) is 2. The average molecular weight is 308 g/mol. The van der Waals surface area contributed by atoms with Crippen molar-refractivity contribution in [3.8, 4) is 0 Å². The van der Waals surface area contributed by atoms with Crippen molar-refractivity contribution >= 4 is 23.6 Å². The highest BCUT2D eigenvalue weighted by atomic mass is 32.2. The normalized spacial score (nSPS) is 11.3. The molecule has 0 atom stereocenters. The van der Waals surface area contributed by atoms with Gasteiger partial charge in [0.2, 0.25) is 5.91 Å². The van der Waals surface area contributed by atoms with Gasteiger partial charge in [-0.05, 0) is 32.9 Å². The molecule has 1 aromatic rings. The van der Waals surface area contributed by atoms with Gasteiger partial charge in [-0.2, -0.15) is 0 Å². The Bertz CT molecular complexity index is 507. The van der Waals surface area contributed by atoms with Gasteiger partial charge in [0.15, 0.2) is 0 Å². The predicted molar refractivity (Wildman–Crippen MR) is 87.7 cm³/mol. The highest BCUT2D eigenvalue weighted by Crippen LogP contribution is 2.26. The van der Waals surface area contributed by atoms with E-state index >= 15 is 0 Å². The Morgan fingerprint density at radius 2 is 1.81 bits per heavy atom. The Morgan fingerprint density at radius 1 is 1.19 bits per heavy atom. The fraction of sp³-hybridized carbons (Fsp3) is 0.500. The number of thioether (sulfide) groups is 1. The standard InChI is InChI=1S/C16H24N2O2S/c1-11(2)21-13-9-7-6-8-12(13)15(20)17-10-14(19)18-16(3,4)5/h6-9,11H,10H2,1-5H3,(H,17,20)(H,18,19). The van der Waals surface area contributed by atoms with E-state index in [-0.39, 0.29) is 23.9 Å². The largest absolute Gasteiger partial charge is 0.350 e. The first-order chi connectivity index (χ1) is 9.69. The van der Waals surface area contributed by atoms with Crippen molar-refractivity contribution < 1.29 is 9.59 Å². The molecule has 0 aliphatic carbocycles. The second-order valence-electron chi connectivity index (χ2n) is 6.14. The molecule has 116 valence electrons. The minimum atomic E-state index is -0.298. The summed E-state index contributed by atoms with van der Waals surface area (Å²) in [7, 11) is 0. The number of benzene rings is 1. The van der Waals surface area contributed by atoms with E-state index in [0.29, 0.717) is 10.8 Å². The topological polar surface area (TPSA) is 58.2 Å². The predicted octanol–water partition coefficient (Wildman–Crippen LogP) is 2.83. The molecule has 2 N–H and O–H groups in total. The molecule has 0 unspecified atom stereocenters. The molecule has 2 amide bonds. The van der Waals surface area contributed by atoms with Crippen molar-refractivity contribution in [2.45, 2.75) is 50.3 Å². The van der Waals surface area contributed by atoms with Crippen molar-refractivity contribution in [3.63, 3.8) is 0 Å². The maximum atomic E-state index is 12.2. The molecule has 0 spiro atoms. The van der Waals surface area contributed by atoms with Gasteiger partial charge < -0.3 is 10.6 Å². The first-order valence-corrected chi connectivity index (χ1v) is 7.92. The zero-order valence-electron chi connectivity index (χ0n) is 13.3. The van der Waals surface area contributed by atoms with Crippen LogP contribution in [-0.2, 0) is 4.79 Å². The van der Waals surface area contributed by atoms with Crippen LogP contribution < -0.4 is 10.6 Å². The molecule has 1 aromatic carbocycles. The zero-order valence-corrected chi connectivity index (χ0v) is 14.1. The molecule has 0 aliphatic rings. The van der Waals surface area contributed by atoms with E-state index in [1.807, 2.05) is 39.0 Å². The lowest BCUT2D eigenvalue weighted by Gasteiger charge is -2.20. The van der Waals surface area contributed by atoms with Gasteiger partial charge in [-0.1, -0.05) is 26.0 Å². The highest BCUT2D eigenvalue weighted by Gasteiger charge is 2.16. The molecular weight excluding hydrogens is 284 g/mol. The maximum absolute atomic E-state index is 12.2. The van der Waals surface area contributed by atoms with Crippen LogP contribution >= 0.6 is 11.8 Å². The molecule has 4 nitrogen and oxygen atoms in total. The van der Waals surface area contributed by atoms with Crippen LogP contribution in [0.2, 0.25) is 0 Å². The molecule has 5 heteroatoms. The first-order valence-electron chi connectivity index (χ1n) is 7.04. The van der Waals surface area contributed by atoms with Gasteiger partial charge in [-0.3, -0.25) is 9.59 Å². The summed E-state index contributed by atoms with van der Waals surface area (Å²) in [5.74, 6) is -0.410. The van der Waals surface area contributed by atoms with Crippen LogP contribution in [0.3, 0.4) is 0 Å². The number of amides is 2. The minimum Gasteiger partial charge on any atom is -0.350 e. The third kappa shape index (κ3) is 6.67. The van der Waals surface area contributed by atoms with Crippen LogP contribution in [0.5, 0.6) is 0 Å². The van der Waals surface area contributed by atoms with E-state index in [1.165, 1.54) is 0 Å². The van der Waals surface area contributed by atoms with E-state index in [1.54, 1.807) is 17.8 Å². The number of carbonyl (C=O) groups excluding carboxylic acids is 2. The molecule has 0 radical (unpaired) electrons. The molecule has 0 bridgehead atoms. The average Bonchev–Trinajstić information content (AvgIpc) is 2.34. The Morgan fingerprint density at radius 3 is 2.38 bits per heavy atom. The quantitative estimate of drug-likeness (QED) is 0.822. The van der Waals surface area contributed by atoms with Crippen LogP contribution in [0.1, 0.15) is 45.0 Å². The lowest BCUT2D eigenvalue weighted by molar-refractivity contribution is -0.121. The lowest BCUT2D eigenvalue weighted by Crippen LogP contribution is -2.45. The monoisotopic (exact) mass is 308 g/mol. The summed E-state index contributed by atoms with van der Waals surface area (Å²) in [4.78, 5) is 24.9. The van der Waals surface area contributed by atoms with Crippen LogP contribution in [-0.4, -0.2) is 29.1 Å². The van der Waals surface area contributed by atoms with Gasteiger partial charge in [0.05, 0.1) is 12.1 Å². The van der Waals surface area contributed by atoms with E-state index < -0.39 is 0 Å². The summed E-state index contributed by atoms with van der Waals surface area (Å²) in [6.07, 6.45) is 0. The summed E-state index contributed by atoms with van der Waals surface area (Å²) in [6, 6.07) is 7.44. The van der Waals surface area contributed by atoms with Crippen LogP contribution in [0.25, 0.3) is 0 Å². The fourth-order valence-corrected chi connectivity index (χ4v) is 2.68. The van der Waals surface area contributed by atoms with Crippen molar-refractivity contribution in [1.29, 1.82) is 0 Å². The summed E-state index contributed by atoms with van der Waals surface area (Å²) in [5.41, 5.74) is 0.312. The van der Waals surface area contributed by atoms with E-state index in [2.05, 4.69) is 24.5 Å². The fourth-order valence-electron chi connectivity index (χ4n) is 1.73. The van der Waals surface area contributed by atoms with E-state index in [0.717, 1.165) is 4.90 Å². The number of carbonyl (C=O) groups is 2. The molecular formula is C16H24N2O2S. The second kappa shape index (κ2) is 7.50. The Labute approximate surface area is 131 Å². The summed E-state index contributed by atoms with van der Waals surface area (Å²) < 4.78 is 0. The molecule has 0 aliphatic heterocycles. The van der Waals surface area contributed by atoms with Gasteiger partial charge >= 0.3 is 0 Å². The molecule has 21 heavy (non-hydrogen) atoms. The van der Waals surface area contributed by atoms with Gasteiger partial charge in [0.25, 0.3) is 5.91 Å². The second-order valence-corrected chi connectivity index (χ2v) is 7.76. The third-order valence-electron chi connectivity index (χ3n) is 2.42. The summed E-state index contributed by atoms with van der Waals surface area (Å²) in [6.45, 7) is 9.85. The van der Waals surface area contributed by atoms with Crippen molar-refractivity contribution in [1.82, 2.24) is 10.6 Å². The van der Waals surface area contributed by atoms with E-state index in [4.69, 9.17) is 0 Å². The number of hydrogen-bond acceptors (Lipinski definition) is 3. The number of rotatable bonds is 5. The molecule has 0 saturated carbocycles. The zero-order chi connectivity index (χ0) is 16.0. The van der Waals surface area contributed by atoms with Gasteiger partial charge in [0, 0.05) is 15.7 Å². The SMILES string of the molecule is CC(C)Sc1ccccc1C(=O)NCC(=O)NC(C)(C)C. The van der Waals surface area contributed by atoms with Gasteiger partial charge in [0.1, 0.15) is 0 Å². The highest BCUT2D eigenvalue weighted by molar-refractivity contribution is 8.00. The van der Waals surface area contributed by atoms with Crippen LogP contribution in [0, 0.1) is 0 Å². The maximum Gasteiger partial charge on any atom is 0.252 e. The first kappa shape index (κ1) is 17.6. The van der Waals surface area contributed by atoms with Crippen LogP contribution in [0.15, 0.2) is 29.2 Å². The molecule has 0 heterocycles. The molecule has 0 saturated heterocycles. The van der Waals surface area contributed by atoms with Crippen molar-refractivity contribution in [2.24, 2.45) is 0 Å². The Kier molecular flexibility index (Phi) is 6.27. The Hall–Kier alpha value is -1.49. The van der Waals surface area contributed by atoms with Crippen LogP contribution in [0.4, 0.5) is 0 Å². The smallest absolute Gasteiger partial charge is 0.252 e. The summed E-state index contributed by atoms with van der Waals surface area (Å²) >= 11 is 1.64. The van der Waals surface area contributed by atoms with E-state index in [9.17, 15) is 9.59 Å². The van der Waals surface area contributed by atoms with Crippen molar-refractivity contribution in [2.75, 3.05) is 6.54 Å². The lowest BCUT2D eigenvalue weighted by atomic mass is 10.1.